The number of ether oxygens (including phenoxy) is 1. The fourth-order valence-electron chi connectivity index (χ4n) is 2.44. The van der Waals surface area contributed by atoms with E-state index in [1.807, 2.05) is 24.3 Å². The van der Waals surface area contributed by atoms with E-state index >= 15 is 0 Å². The van der Waals surface area contributed by atoms with Crippen molar-refractivity contribution in [3.05, 3.63) is 42.2 Å². The molecule has 1 aliphatic carbocycles. The lowest BCUT2D eigenvalue weighted by Gasteiger charge is -2.05. The van der Waals surface area contributed by atoms with E-state index in [4.69, 9.17) is 4.74 Å². The summed E-state index contributed by atoms with van der Waals surface area (Å²) in [6, 6.07) is 7.99. The molecule has 0 saturated heterocycles. The second-order valence-corrected chi connectivity index (χ2v) is 6.16. The molecule has 2 aromatic rings. The summed E-state index contributed by atoms with van der Waals surface area (Å²) in [7, 11) is 1.62. The van der Waals surface area contributed by atoms with Gasteiger partial charge in [-0.3, -0.25) is 14.3 Å². The van der Waals surface area contributed by atoms with Gasteiger partial charge in [0.1, 0.15) is 12.3 Å². The first kappa shape index (κ1) is 17.0. The molecule has 1 aromatic carbocycles. The molecule has 25 heavy (non-hydrogen) atoms. The highest BCUT2D eigenvalue weighted by molar-refractivity contribution is 5.90. The Bertz CT molecular complexity index is 735. The molecule has 0 aliphatic heterocycles. The average molecular weight is 342 g/mol. The zero-order valence-electron chi connectivity index (χ0n) is 14.2. The maximum absolute atomic E-state index is 12.0. The summed E-state index contributed by atoms with van der Waals surface area (Å²) in [5.74, 6) is 0.659. The van der Waals surface area contributed by atoms with Gasteiger partial charge in [0.15, 0.2) is 0 Å². The van der Waals surface area contributed by atoms with Crippen LogP contribution in [0.2, 0.25) is 0 Å². The number of nitrogens with zero attached hydrogens (tertiary/aromatic N) is 2. The lowest BCUT2D eigenvalue weighted by molar-refractivity contribution is -0.122. The molecular formula is C18H22N4O3. The van der Waals surface area contributed by atoms with Gasteiger partial charge in [0.05, 0.1) is 19.0 Å². The highest BCUT2D eigenvalue weighted by Crippen LogP contribution is 2.18. The second kappa shape index (κ2) is 7.83. The number of carbonyl (C=O) groups is 2. The van der Waals surface area contributed by atoms with E-state index in [0.717, 1.165) is 24.2 Å². The molecule has 132 valence electrons. The Labute approximate surface area is 146 Å². The summed E-state index contributed by atoms with van der Waals surface area (Å²) < 4.78 is 6.64. The smallest absolute Gasteiger partial charge is 0.241 e. The summed E-state index contributed by atoms with van der Waals surface area (Å²) in [5.41, 5.74) is 1.67. The van der Waals surface area contributed by atoms with E-state index in [2.05, 4.69) is 15.7 Å². The second-order valence-electron chi connectivity index (χ2n) is 6.16. The van der Waals surface area contributed by atoms with Crippen molar-refractivity contribution in [2.24, 2.45) is 0 Å². The van der Waals surface area contributed by atoms with E-state index < -0.39 is 0 Å². The summed E-state index contributed by atoms with van der Waals surface area (Å²) in [4.78, 5) is 23.8. The molecule has 1 fully saturated rings. The summed E-state index contributed by atoms with van der Waals surface area (Å²) in [6.45, 7) is 0.165. The van der Waals surface area contributed by atoms with Crippen molar-refractivity contribution in [3.8, 4) is 5.75 Å². The van der Waals surface area contributed by atoms with Crippen LogP contribution >= 0.6 is 0 Å². The van der Waals surface area contributed by atoms with Gasteiger partial charge in [-0.1, -0.05) is 12.1 Å². The van der Waals surface area contributed by atoms with Crippen molar-refractivity contribution >= 4 is 17.5 Å². The monoisotopic (exact) mass is 342 g/mol. The molecule has 3 rings (SSSR count). The number of nitrogens with one attached hydrogen (secondary N) is 2. The van der Waals surface area contributed by atoms with Gasteiger partial charge in [0.25, 0.3) is 0 Å². The van der Waals surface area contributed by atoms with Crippen molar-refractivity contribution in [2.45, 2.75) is 38.3 Å². The number of anilines is 1. The van der Waals surface area contributed by atoms with Crippen LogP contribution in [0.3, 0.4) is 0 Å². The molecule has 1 saturated carbocycles. The largest absolute Gasteiger partial charge is 0.497 e. The van der Waals surface area contributed by atoms with Crippen LogP contribution in [-0.2, 0) is 22.6 Å². The Morgan fingerprint density at radius 1 is 1.24 bits per heavy atom. The standard InChI is InChI=1S/C18H22N4O3/c1-25-16-7-2-13(3-8-16)4-9-17(23)21-15-10-19-22(11-15)12-18(24)20-14-5-6-14/h2-3,7-8,10-11,14H,4-6,9,12H2,1H3,(H,20,24)(H,21,23). The van der Waals surface area contributed by atoms with E-state index in [0.29, 0.717) is 24.6 Å². The quantitative estimate of drug-likeness (QED) is 0.765. The van der Waals surface area contributed by atoms with Gasteiger partial charge in [-0.2, -0.15) is 5.10 Å². The van der Waals surface area contributed by atoms with Crippen LogP contribution in [0.15, 0.2) is 36.7 Å². The zero-order valence-corrected chi connectivity index (χ0v) is 14.2. The number of methoxy groups -OCH3 is 1. The zero-order chi connectivity index (χ0) is 17.6. The molecule has 0 atom stereocenters. The average Bonchev–Trinajstić information content (AvgIpc) is 3.31. The molecule has 2 N–H and O–H groups in total. The minimum absolute atomic E-state index is 0.0528. The predicted octanol–water partition coefficient (Wildman–Crippen LogP) is 1.74. The Morgan fingerprint density at radius 2 is 2.00 bits per heavy atom. The lowest BCUT2D eigenvalue weighted by atomic mass is 10.1. The van der Waals surface area contributed by atoms with Crippen molar-refractivity contribution in [3.63, 3.8) is 0 Å². The van der Waals surface area contributed by atoms with Gasteiger partial charge < -0.3 is 15.4 Å². The van der Waals surface area contributed by atoms with Crippen LogP contribution in [0.25, 0.3) is 0 Å². The number of benzene rings is 1. The third-order valence-electron chi connectivity index (χ3n) is 3.96. The fourth-order valence-corrected chi connectivity index (χ4v) is 2.44. The molecule has 7 nitrogen and oxygen atoms in total. The summed E-state index contributed by atoms with van der Waals surface area (Å²) in [5, 5.41) is 9.81. The number of aromatic nitrogens is 2. The predicted molar refractivity (Wildman–Crippen MR) is 93.3 cm³/mol. The molecule has 7 heteroatoms. The number of carbonyl (C=O) groups excluding carboxylic acids is 2. The van der Waals surface area contributed by atoms with Crippen LogP contribution in [-0.4, -0.2) is 34.7 Å². The van der Waals surface area contributed by atoms with Crippen molar-refractivity contribution in [1.29, 1.82) is 0 Å². The van der Waals surface area contributed by atoms with E-state index in [-0.39, 0.29) is 18.4 Å². The summed E-state index contributed by atoms with van der Waals surface area (Å²) in [6.07, 6.45) is 6.35. The van der Waals surface area contributed by atoms with Gasteiger partial charge in [0.2, 0.25) is 11.8 Å². The van der Waals surface area contributed by atoms with Gasteiger partial charge in [-0.25, -0.2) is 0 Å². The topological polar surface area (TPSA) is 85.2 Å². The Kier molecular flexibility index (Phi) is 5.33. The third kappa shape index (κ3) is 5.34. The van der Waals surface area contributed by atoms with Crippen LogP contribution < -0.4 is 15.4 Å². The summed E-state index contributed by atoms with van der Waals surface area (Å²) >= 11 is 0. The number of amides is 2. The minimum Gasteiger partial charge on any atom is -0.497 e. The van der Waals surface area contributed by atoms with Crippen molar-refractivity contribution < 1.29 is 14.3 Å². The SMILES string of the molecule is COc1ccc(CCC(=O)Nc2cnn(CC(=O)NC3CC3)c2)cc1. The number of hydrogen-bond donors (Lipinski definition) is 2. The van der Waals surface area contributed by atoms with Gasteiger partial charge in [-0.05, 0) is 37.0 Å². The first-order chi connectivity index (χ1) is 12.1. The molecular weight excluding hydrogens is 320 g/mol. The maximum atomic E-state index is 12.0. The molecule has 0 bridgehead atoms. The van der Waals surface area contributed by atoms with E-state index in [9.17, 15) is 9.59 Å². The van der Waals surface area contributed by atoms with E-state index in [1.165, 1.54) is 4.68 Å². The Balaban J connectivity index is 1.43. The molecule has 1 aliphatic rings. The third-order valence-corrected chi connectivity index (χ3v) is 3.96. The highest BCUT2D eigenvalue weighted by atomic mass is 16.5. The normalized spacial score (nSPS) is 13.3. The number of hydrogen-bond acceptors (Lipinski definition) is 4. The van der Waals surface area contributed by atoms with Gasteiger partial charge in [0, 0.05) is 18.7 Å². The highest BCUT2D eigenvalue weighted by Gasteiger charge is 2.23. The fraction of sp³-hybridized carbons (Fsp3) is 0.389. The van der Waals surface area contributed by atoms with Crippen LogP contribution in [0.1, 0.15) is 24.8 Å². The molecule has 2 amide bonds. The van der Waals surface area contributed by atoms with Gasteiger partial charge >= 0.3 is 0 Å². The lowest BCUT2D eigenvalue weighted by Crippen LogP contribution is -2.29. The van der Waals surface area contributed by atoms with Crippen molar-refractivity contribution in [1.82, 2.24) is 15.1 Å². The maximum Gasteiger partial charge on any atom is 0.241 e. The Morgan fingerprint density at radius 3 is 2.68 bits per heavy atom. The number of aryl methyl sites for hydroxylation is 1. The molecule has 1 heterocycles. The first-order valence-corrected chi connectivity index (χ1v) is 8.37. The van der Waals surface area contributed by atoms with Crippen LogP contribution in [0, 0.1) is 0 Å². The Hall–Kier alpha value is -2.83. The molecule has 0 radical (unpaired) electrons. The molecule has 0 spiro atoms. The van der Waals surface area contributed by atoms with Crippen LogP contribution in [0.4, 0.5) is 5.69 Å². The first-order valence-electron chi connectivity index (χ1n) is 8.37. The molecule has 0 unspecified atom stereocenters. The van der Waals surface area contributed by atoms with Gasteiger partial charge in [-0.15, -0.1) is 0 Å². The van der Waals surface area contributed by atoms with Crippen molar-refractivity contribution in [2.75, 3.05) is 12.4 Å². The van der Waals surface area contributed by atoms with E-state index in [1.54, 1.807) is 19.5 Å². The molecule has 1 aromatic heterocycles. The van der Waals surface area contributed by atoms with Crippen LogP contribution in [0.5, 0.6) is 5.75 Å². The minimum atomic E-state index is -0.0854. The number of rotatable bonds is 8.